The molecule has 1 aliphatic heterocycles. The van der Waals surface area contributed by atoms with Gasteiger partial charge in [0.2, 0.25) is 0 Å². The standard InChI is InChI=1S/C19H16F2N2OS2/c20-14-4-3-12(10-15(14)21)22-18(24)11-23-7-5-16-13(6-9-26-16)19(23)17-2-1-8-25-17/h1-4,6,8-10,19H,5,7,11H2,(H,22,24)/p+1/t19-/m0/s1. The highest BCUT2D eigenvalue weighted by atomic mass is 32.1. The van der Waals surface area contributed by atoms with E-state index in [0.717, 1.165) is 25.1 Å². The molecule has 1 amide bonds. The van der Waals surface area contributed by atoms with Gasteiger partial charge in [-0.3, -0.25) is 4.79 Å². The van der Waals surface area contributed by atoms with Gasteiger partial charge < -0.3 is 10.2 Å². The van der Waals surface area contributed by atoms with Crippen molar-refractivity contribution in [3.8, 4) is 0 Å². The third-order valence-corrected chi connectivity index (χ3v) is 6.52. The quantitative estimate of drug-likeness (QED) is 0.703. The number of carbonyl (C=O) groups is 1. The minimum atomic E-state index is -0.965. The Morgan fingerprint density at radius 2 is 2.04 bits per heavy atom. The van der Waals surface area contributed by atoms with Crippen molar-refractivity contribution >= 4 is 34.3 Å². The maximum Gasteiger partial charge on any atom is 0.279 e. The van der Waals surface area contributed by atoms with Gasteiger partial charge in [0.25, 0.3) is 5.91 Å². The first kappa shape index (κ1) is 17.3. The maximum absolute atomic E-state index is 13.3. The topological polar surface area (TPSA) is 33.5 Å². The summed E-state index contributed by atoms with van der Waals surface area (Å²) in [7, 11) is 0. The highest BCUT2D eigenvalue weighted by Crippen LogP contribution is 2.31. The summed E-state index contributed by atoms with van der Waals surface area (Å²) in [5.41, 5.74) is 1.56. The van der Waals surface area contributed by atoms with E-state index in [1.54, 1.807) is 22.7 Å². The maximum atomic E-state index is 13.3. The van der Waals surface area contributed by atoms with Crippen molar-refractivity contribution in [2.45, 2.75) is 12.5 Å². The van der Waals surface area contributed by atoms with Crippen molar-refractivity contribution in [3.05, 3.63) is 74.1 Å². The lowest BCUT2D eigenvalue weighted by molar-refractivity contribution is -0.919. The van der Waals surface area contributed by atoms with Crippen LogP contribution in [-0.2, 0) is 11.2 Å². The highest BCUT2D eigenvalue weighted by molar-refractivity contribution is 7.10. The zero-order valence-corrected chi connectivity index (χ0v) is 15.4. The molecule has 3 heterocycles. The first-order valence-electron chi connectivity index (χ1n) is 8.31. The minimum absolute atomic E-state index is 0.140. The van der Waals surface area contributed by atoms with E-state index in [2.05, 4.69) is 28.2 Å². The number of benzene rings is 1. The largest absolute Gasteiger partial charge is 0.321 e. The summed E-state index contributed by atoms with van der Waals surface area (Å²) in [5, 5.41) is 6.84. The minimum Gasteiger partial charge on any atom is -0.321 e. The van der Waals surface area contributed by atoms with Gasteiger partial charge in [-0.05, 0) is 35.0 Å². The number of thiophene rings is 2. The Kier molecular flexibility index (Phi) is 4.84. The number of hydrogen-bond donors (Lipinski definition) is 2. The van der Waals surface area contributed by atoms with Gasteiger partial charge in [-0.2, -0.15) is 0 Å². The average Bonchev–Trinajstić information content (AvgIpc) is 3.29. The Morgan fingerprint density at radius 1 is 1.15 bits per heavy atom. The van der Waals surface area contributed by atoms with E-state index in [1.165, 1.54) is 26.3 Å². The van der Waals surface area contributed by atoms with E-state index >= 15 is 0 Å². The first-order chi connectivity index (χ1) is 12.6. The van der Waals surface area contributed by atoms with Gasteiger partial charge >= 0.3 is 0 Å². The fourth-order valence-electron chi connectivity index (χ4n) is 3.43. The predicted molar refractivity (Wildman–Crippen MR) is 99.9 cm³/mol. The van der Waals surface area contributed by atoms with E-state index in [4.69, 9.17) is 0 Å². The van der Waals surface area contributed by atoms with Gasteiger partial charge in [-0.15, -0.1) is 22.7 Å². The second-order valence-corrected chi connectivity index (χ2v) is 8.24. The van der Waals surface area contributed by atoms with Gasteiger partial charge in [0.15, 0.2) is 18.2 Å². The Balaban J connectivity index is 1.53. The lowest BCUT2D eigenvalue weighted by atomic mass is 9.98. The van der Waals surface area contributed by atoms with Crippen LogP contribution in [0.4, 0.5) is 14.5 Å². The molecule has 0 saturated heterocycles. The molecule has 0 aliphatic carbocycles. The number of nitrogens with one attached hydrogen (secondary N) is 2. The molecule has 1 aliphatic rings. The zero-order valence-electron chi connectivity index (χ0n) is 13.8. The Hall–Kier alpha value is -2.09. The van der Waals surface area contributed by atoms with Crippen LogP contribution >= 0.6 is 22.7 Å². The molecule has 1 unspecified atom stereocenters. The van der Waals surface area contributed by atoms with E-state index in [1.807, 2.05) is 6.07 Å². The predicted octanol–water partition coefficient (Wildman–Crippen LogP) is 3.26. The number of anilines is 1. The fraction of sp³-hybridized carbons (Fsp3) is 0.211. The van der Waals surface area contributed by atoms with E-state index < -0.39 is 11.6 Å². The number of fused-ring (bicyclic) bond motifs is 1. The number of rotatable bonds is 4. The molecule has 0 fully saturated rings. The smallest absolute Gasteiger partial charge is 0.279 e. The molecular formula is C19H17F2N2OS2+. The highest BCUT2D eigenvalue weighted by Gasteiger charge is 2.35. The second-order valence-electron chi connectivity index (χ2n) is 6.26. The average molecular weight is 391 g/mol. The Bertz CT molecular complexity index is 924. The number of halogens is 2. The molecule has 2 N–H and O–H groups in total. The van der Waals surface area contributed by atoms with Crippen LogP contribution in [0.15, 0.2) is 47.2 Å². The van der Waals surface area contributed by atoms with Crippen LogP contribution < -0.4 is 10.2 Å². The molecule has 4 rings (SSSR count). The van der Waals surface area contributed by atoms with Crippen LogP contribution in [0, 0.1) is 11.6 Å². The van der Waals surface area contributed by atoms with Gasteiger partial charge in [0.1, 0.15) is 6.04 Å². The van der Waals surface area contributed by atoms with E-state index in [9.17, 15) is 13.6 Å². The molecule has 0 saturated carbocycles. The summed E-state index contributed by atoms with van der Waals surface area (Å²) in [5.74, 6) is -2.09. The number of amides is 1. The van der Waals surface area contributed by atoms with Crippen LogP contribution in [0.1, 0.15) is 21.4 Å². The third-order valence-electron chi connectivity index (χ3n) is 4.59. The number of carbonyl (C=O) groups excluding carboxylic acids is 1. The summed E-state index contributed by atoms with van der Waals surface area (Å²) < 4.78 is 26.4. The van der Waals surface area contributed by atoms with Crippen LogP contribution in [0.3, 0.4) is 0 Å². The van der Waals surface area contributed by atoms with Gasteiger partial charge in [-0.1, -0.05) is 6.07 Å². The van der Waals surface area contributed by atoms with Crippen molar-refractivity contribution in [2.75, 3.05) is 18.4 Å². The molecule has 3 nitrogen and oxygen atoms in total. The monoisotopic (exact) mass is 391 g/mol. The van der Waals surface area contributed by atoms with Gasteiger partial charge in [-0.25, -0.2) is 8.78 Å². The van der Waals surface area contributed by atoms with E-state index in [0.29, 0.717) is 0 Å². The molecule has 134 valence electrons. The van der Waals surface area contributed by atoms with Crippen LogP contribution in [0.25, 0.3) is 0 Å². The number of quaternary nitrogens is 1. The van der Waals surface area contributed by atoms with Crippen molar-refractivity contribution < 1.29 is 18.5 Å². The summed E-state index contributed by atoms with van der Waals surface area (Å²) in [6.45, 7) is 1.14. The molecule has 2 aromatic heterocycles. The zero-order chi connectivity index (χ0) is 18.1. The van der Waals surface area contributed by atoms with Crippen LogP contribution in [0.5, 0.6) is 0 Å². The molecule has 0 radical (unpaired) electrons. The Labute approximate surface area is 157 Å². The lowest BCUT2D eigenvalue weighted by Crippen LogP contribution is -3.14. The molecule has 1 aromatic carbocycles. The molecule has 26 heavy (non-hydrogen) atoms. The molecule has 7 heteroatoms. The van der Waals surface area contributed by atoms with Crippen molar-refractivity contribution in [1.29, 1.82) is 0 Å². The molecule has 2 atom stereocenters. The van der Waals surface area contributed by atoms with Crippen molar-refractivity contribution in [2.24, 2.45) is 0 Å². The van der Waals surface area contributed by atoms with E-state index in [-0.39, 0.29) is 24.2 Å². The summed E-state index contributed by atoms with van der Waals surface area (Å²) >= 11 is 3.46. The normalized spacial score (nSPS) is 19.2. The third kappa shape index (κ3) is 3.42. The number of hydrogen-bond acceptors (Lipinski definition) is 3. The Morgan fingerprint density at radius 3 is 2.81 bits per heavy atom. The summed E-state index contributed by atoms with van der Waals surface area (Å²) in [4.78, 5) is 16.3. The summed E-state index contributed by atoms with van der Waals surface area (Å²) in [6, 6.07) is 9.82. The van der Waals surface area contributed by atoms with Gasteiger partial charge in [0.05, 0.1) is 11.4 Å². The summed E-state index contributed by atoms with van der Waals surface area (Å²) in [6.07, 6.45) is 0.947. The van der Waals surface area contributed by atoms with Gasteiger partial charge in [0, 0.05) is 28.6 Å². The SMILES string of the molecule is O=C(C[NH+]1CCc2sccc2[C@H]1c1cccs1)Nc1ccc(F)c(F)c1. The second kappa shape index (κ2) is 7.26. The first-order valence-corrected chi connectivity index (χ1v) is 10.1. The lowest BCUT2D eigenvalue weighted by Gasteiger charge is -2.31. The fourth-order valence-corrected chi connectivity index (χ4v) is 5.26. The van der Waals surface area contributed by atoms with Crippen LogP contribution in [0.2, 0.25) is 0 Å². The van der Waals surface area contributed by atoms with Crippen molar-refractivity contribution in [3.63, 3.8) is 0 Å². The molecule has 3 aromatic rings. The molecule has 0 bridgehead atoms. The molecule has 0 spiro atoms. The van der Waals surface area contributed by atoms with Crippen molar-refractivity contribution in [1.82, 2.24) is 0 Å². The van der Waals surface area contributed by atoms with Crippen LogP contribution in [-0.4, -0.2) is 19.0 Å². The molecular weight excluding hydrogens is 374 g/mol.